The third kappa shape index (κ3) is 3.97. The Morgan fingerprint density at radius 1 is 1.14 bits per heavy atom. The van der Waals surface area contributed by atoms with Crippen LogP contribution in [0.25, 0.3) is 0 Å². The average molecular weight is 395 g/mol. The van der Waals surface area contributed by atoms with Gasteiger partial charge >= 0.3 is 0 Å². The first-order chi connectivity index (χ1) is 14.2. The number of nitrogens with zero attached hydrogens (tertiary/aromatic N) is 2. The van der Waals surface area contributed by atoms with Crippen LogP contribution in [0.4, 0.5) is 5.69 Å². The van der Waals surface area contributed by atoms with Crippen molar-refractivity contribution in [3.63, 3.8) is 0 Å². The molecule has 0 bridgehead atoms. The van der Waals surface area contributed by atoms with Crippen LogP contribution in [0.1, 0.15) is 32.4 Å². The van der Waals surface area contributed by atoms with Crippen LogP contribution >= 0.6 is 0 Å². The largest absolute Gasteiger partial charge is 0.383 e. The lowest BCUT2D eigenvalue weighted by Gasteiger charge is -2.28. The van der Waals surface area contributed by atoms with E-state index in [9.17, 15) is 9.59 Å². The molecule has 1 fully saturated rings. The monoisotopic (exact) mass is 395 g/mol. The molecule has 0 radical (unpaired) electrons. The van der Waals surface area contributed by atoms with E-state index in [0.717, 1.165) is 11.3 Å². The van der Waals surface area contributed by atoms with Crippen LogP contribution in [0.15, 0.2) is 48.5 Å². The smallest absolute Gasteiger partial charge is 0.256 e. The van der Waals surface area contributed by atoms with E-state index < -0.39 is 0 Å². The number of fused-ring (bicyclic) bond motifs is 1. The molecule has 2 heterocycles. The summed E-state index contributed by atoms with van der Waals surface area (Å²) in [4.78, 5) is 29.0. The van der Waals surface area contributed by atoms with Crippen molar-refractivity contribution in [3.05, 3.63) is 65.2 Å². The number of carbonyl (C=O) groups excluding carboxylic acids is 2. The lowest BCUT2D eigenvalue weighted by Crippen LogP contribution is -2.40. The Bertz CT molecular complexity index is 878. The molecule has 0 aromatic heterocycles. The quantitative estimate of drug-likeness (QED) is 0.813. The van der Waals surface area contributed by atoms with Crippen molar-refractivity contribution in [2.24, 2.45) is 0 Å². The van der Waals surface area contributed by atoms with E-state index in [0.29, 0.717) is 50.6 Å². The standard InChI is InChI=1S/C22H25N3O4/c1-28-13-12-25-20(18-4-2-3-5-19(18)22(25)27)23-17-8-6-16(7-9-17)21(26)24-10-14-29-15-11-24/h2-9,20,23H,10-15H2,1H3. The van der Waals surface area contributed by atoms with Crippen molar-refractivity contribution in [2.45, 2.75) is 6.17 Å². The molecule has 0 aliphatic carbocycles. The minimum atomic E-state index is -0.269. The SMILES string of the molecule is COCCN1C(=O)c2ccccc2C1Nc1ccc(C(=O)N2CCOCC2)cc1. The summed E-state index contributed by atoms with van der Waals surface area (Å²) in [5, 5.41) is 3.44. The summed E-state index contributed by atoms with van der Waals surface area (Å²) in [6, 6.07) is 15.0. The fraction of sp³-hybridized carbons (Fsp3) is 0.364. The van der Waals surface area contributed by atoms with Gasteiger partial charge in [0.2, 0.25) is 0 Å². The number of morpholine rings is 1. The number of rotatable bonds is 6. The van der Waals surface area contributed by atoms with E-state index in [1.807, 2.05) is 53.4 Å². The number of anilines is 1. The molecular formula is C22H25N3O4. The molecule has 152 valence electrons. The van der Waals surface area contributed by atoms with Crippen LogP contribution in [0.5, 0.6) is 0 Å². The molecule has 0 spiro atoms. The summed E-state index contributed by atoms with van der Waals surface area (Å²) in [6.07, 6.45) is -0.269. The van der Waals surface area contributed by atoms with Crippen molar-refractivity contribution in [2.75, 3.05) is 51.9 Å². The van der Waals surface area contributed by atoms with Crippen LogP contribution in [0, 0.1) is 0 Å². The number of ether oxygens (including phenoxy) is 2. The van der Waals surface area contributed by atoms with E-state index in [1.165, 1.54) is 0 Å². The Morgan fingerprint density at radius 3 is 2.59 bits per heavy atom. The second-order valence-electron chi connectivity index (χ2n) is 7.11. The zero-order valence-corrected chi connectivity index (χ0v) is 16.5. The Morgan fingerprint density at radius 2 is 1.86 bits per heavy atom. The third-order valence-electron chi connectivity index (χ3n) is 5.33. The van der Waals surface area contributed by atoms with Crippen LogP contribution < -0.4 is 5.32 Å². The molecule has 1 saturated heterocycles. The van der Waals surface area contributed by atoms with Crippen molar-refractivity contribution < 1.29 is 19.1 Å². The second kappa shape index (κ2) is 8.63. The predicted octanol–water partition coefficient (Wildman–Crippen LogP) is 2.37. The maximum absolute atomic E-state index is 12.8. The van der Waals surface area contributed by atoms with E-state index in [1.54, 1.807) is 12.0 Å². The highest BCUT2D eigenvalue weighted by Crippen LogP contribution is 2.34. The zero-order valence-electron chi connectivity index (χ0n) is 16.5. The van der Waals surface area contributed by atoms with Gasteiger partial charge in [-0.2, -0.15) is 0 Å². The fourth-order valence-electron chi connectivity index (χ4n) is 3.76. The second-order valence-corrected chi connectivity index (χ2v) is 7.11. The van der Waals surface area contributed by atoms with Gasteiger partial charge in [0.25, 0.3) is 11.8 Å². The van der Waals surface area contributed by atoms with Gasteiger partial charge in [-0.1, -0.05) is 18.2 Å². The topological polar surface area (TPSA) is 71.1 Å². The molecule has 4 rings (SSSR count). The first kappa shape index (κ1) is 19.4. The van der Waals surface area contributed by atoms with E-state index in [4.69, 9.17) is 9.47 Å². The summed E-state index contributed by atoms with van der Waals surface area (Å²) in [5.74, 6) is 0.0113. The summed E-state index contributed by atoms with van der Waals surface area (Å²) in [7, 11) is 1.63. The van der Waals surface area contributed by atoms with Crippen molar-refractivity contribution in [3.8, 4) is 0 Å². The van der Waals surface area contributed by atoms with Crippen LogP contribution in [0.2, 0.25) is 0 Å². The number of benzene rings is 2. The van der Waals surface area contributed by atoms with Gasteiger partial charge < -0.3 is 24.6 Å². The van der Waals surface area contributed by atoms with Crippen molar-refractivity contribution >= 4 is 17.5 Å². The number of nitrogens with one attached hydrogen (secondary N) is 1. The molecule has 2 amide bonds. The predicted molar refractivity (Wildman–Crippen MR) is 109 cm³/mol. The van der Waals surface area contributed by atoms with E-state index in [2.05, 4.69) is 5.32 Å². The fourth-order valence-corrected chi connectivity index (χ4v) is 3.76. The Kier molecular flexibility index (Phi) is 5.78. The molecule has 29 heavy (non-hydrogen) atoms. The maximum Gasteiger partial charge on any atom is 0.256 e. The van der Waals surface area contributed by atoms with Gasteiger partial charge in [0.15, 0.2) is 0 Å². The van der Waals surface area contributed by atoms with Crippen LogP contribution in [-0.4, -0.2) is 68.2 Å². The molecule has 1 N–H and O–H groups in total. The highest BCUT2D eigenvalue weighted by atomic mass is 16.5. The van der Waals surface area contributed by atoms with Crippen LogP contribution in [0.3, 0.4) is 0 Å². The van der Waals surface area contributed by atoms with Crippen LogP contribution in [-0.2, 0) is 9.47 Å². The van der Waals surface area contributed by atoms with Crippen molar-refractivity contribution in [1.29, 1.82) is 0 Å². The Hall–Kier alpha value is -2.90. The molecule has 2 aromatic rings. The molecule has 2 aliphatic rings. The highest BCUT2D eigenvalue weighted by Gasteiger charge is 2.36. The highest BCUT2D eigenvalue weighted by molar-refractivity contribution is 5.99. The molecule has 1 atom stereocenters. The number of amides is 2. The summed E-state index contributed by atoms with van der Waals surface area (Å²) in [6.45, 7) is 3.36. The van der Waals surface area contributed by atoms with Gasteiger partial charge in [-0.3, -0.25) is 9.59 Å². The number of methoxy groups -OCH3 is 1. The van der Waals surface area contributed by atoms with Gasteiger partial charge in [0.05, 0.1) is 19.8 Å². The molecule has 0 saturated carbocycles. The number of hydrogen-bond donors (Lipinski definition) is 1. The molecule has 7 nitrogen and oxygen atoms in total. The molecule has 7 heteroatoms. The molecular weight excluding hydrogens is 370 g/mol. The van der Waals surface area contributed by atoms with E-state index in [-0.39, 0.29) is 18.0 Å². The molecule has 2 aromatic carbocycles. The summed E-state index contributed by atoms with van der Waals surface area (Å²) >= 11 is 0. The van der Waals surface area contributed by atoms with Gasteiger partial charge in [0, 0.05) is 49.1 Å². The lowest BCUT2D eigenvalue weighted by molar-refractivity contribution is 0.0303. The summed E-state index contributed by atoms with van der Waals surface area (Å²) < 4.78 is 10.5. The minimum Gasteiger partial charge on any atom is -0.383 e. The lowest BCUT2D eigenvalue weighted by atomic mass is 10.1. The molecule has 2 aliphatic heterocycles. The van der Waals surface area contributed by atoms with E-state index >= 15 is 0 Å². The first-order valence-electron chi connectivity index (χ1n) is 9.81. The maximum atomic E-state index is 12.8. The first-order valence-corrected chi connectivity index (χ1v) is 9.81. The third-order valence-corrected chi connectivity index (χ3v) is 5.33. The van der Waals surface area contributed by atoms with Gasteiger partial charge in [-0.25, -0.2) is 0 Å². The number of carbonyl (C=O) groups is 2. The van der Waals surface area contributed by atoms with Gasteiger partial charge in [0.1, 0.15) is 6.17 Å². The van der Waals surface area contributed by atoms with Gasteiger partial charge in [-0.05, 0) is 30.3 Å². The summed E-state index contributed by atoms with van der Waals surface area (Å²) in [5.41, 5.74) is 3.15. The minimum absolute atomic E-state index is 0.00531. The average Bonchev–Trinajstić information content (AvgIpc) is 3.04. The molecule has 1 unspecified atom stereocenters. The Balaban J connectivity index is 1.51. The Labute approximate surface area is 170 Å². The normalized spacial score (nSPS) is 18.7. The van der Waals surface area contributed by atoms with Gasteiger partial charge in [-0.15, -0.1) is 0 Å². The zero-order chi connectivity index (χ0) is 20.2. The number of hydrogen-bond acceptors (Lipinski definition) is 5. The van der Waals surface area contributed by atoms with Crippen molar-refractivity contribution in [1.82, 2.24) is 9.80 Å².